The second-order valence-corrected chi connectivity index (χ2v) is 8.28. The van der Waals surface area contributed by atoms with Crippen molar-refractivity contribution in [3.63, 3.8) is 0 Å². The van der Waals surface area contributed by atoms with E-state index in [4.69, 9.17) is 0 Å². The minimum Gasteiger partial charge on any atom is -0.355 e. The summed E-state index contributed by atoms with van der Waals surface area (Å²) in [5.41, 5.74) is 0. The Hall–Kier alpha value is -1.56. The second kappa shape index (κ2) is 8.89. The fourth-order valence-electron chi connectivity index (χ4n) is 4.26. The number of piperidine rings is 2. The molecule has 3 rings (SSSR count). The first-order chi connectivity index (χ1) is 12.6. The van der Waals surface area contributed by atoms with Crippen LogP contribution in [0, 0.1) is 11.8 Å². The Labute approximate surface area is 158 Å². The van der Waals surface area contributed by atoms with Gasteiger partial charge >= 0.3 is 0 Å². The van der Waals surface area contributed by atoms with Crippen molar-refractivity contribution >= 4 is 5.96 Å². The van der Waals surface area contributed by atoms with Crippen LogP contribution in [0.25, 0.3) is 0 Å². The second-order valence-electron chi connectivity index (χ2n) is 8.28. The number of rotatable bonds is 4. The van der Waals surface area contributed by atoms with Crippen LogP contribution in [0.15, 0.2) is 23.7 Å². The van der Waals surface area contributed by atoms with E-state index in [9.17, 15) is 0 Å². The summed E-state index contributed by atoms with van der Waals surface area (Å²) < 4.78 is 2.25. The van der Waals surface area contributed by atoms with Gasteiger partial charge in [0.2, 0.25) is 0 Å². The molecule has 3 heterocycles. The third-order valence-corrected chi connectivity index (χ3v) is 6.33. The van der Waals surface area contributed by atoms with Crippen LogP contribution >= 0.6 is 0 Å². The highest BCUT2D eigenvalue weighted by atomic mass is 15.3. The Morgan fingerprint density at radius 3 is 2.65 bits per heavy atom. The number of hydrogen-bond acceptors (Lipinski definition) is 3. The minimum absolute atomic E-state index is 0.464. The maximum atomic E-state index is 4.57. The quantitative estimate of drug-likeness (QED) is 0.662. The molecule has 3 atom stereocenters. The van der Waals surface area contributed by atoms with E-state index in [1.807, 2.05) is 19.6 Å². The van der Waals surface area contributed by atoms with Crippen molar-refractivity contribution in [2.45, 2.75) is 52.1 Å². The van der Waals surface area contributed by atoms with Gasteiger partial charge in [-0.3, -0.25) is 9.89 Å². The van der Waals surface area contributed by atoms with Crippen LogP contribution in [0.4, 0.5) is 0 Å². The summed E-state index contributed by atoms with van der Waals surface area (Å²) in [6.07, 6.45) is 9.74. The van der Waals surface area contributed by atoms with Crippen LogP contribution in [0.3, 0.4) is 0 Å². The predicted octanol–water partition coefficient (Wildman–Crippen LogP) is 2.46. The Balaban J connectivity index is 1.53. The molecule has 2 aliphatic heterocycles. The first-order valence-corrected chi connectivity index (χ1v) is 10.3. The summed E-state index contributed by atoms with van der Waals surface area (Å²) in [6.45, 7) is 12.5. The molecule has 6 heteroatoms. The Bertz CT molecular complexity index is 561. The van der Waals surface area contributed by atoms with Crippen LogP contribution in [0.5, 0.6) is 0 Å². The van der Waals surface area contributed by atoms with Crippen molar-refractivity contribution in [1.29, 1.82) is 0 Å². The highest BCUT2D eigenvalue weighted by molar-refractivity contribution is 5.80. The Kier molecular flexibility index (Phi) is 6.57. The smallest absolute Gasteiger partial charge is 0.193 e. The maximum Gasteiger partial charge on any atom is 0.193 e. The van der Waals surface area contributed by atoms with Crippen molar-refractivity contribution < 1.29 is 0 Å². The molecular weight excluding hydrogens is 324 g/mol. The number of guanidine groups is 1. The van der Waals surface area contributed by atoms with Gasteiger partial charge in [0.1, 0.15) is 0 Å². The summed E-state index contributed by atoms with van der Waals surface area (Å²) >= 11 is 0. The number of imidazole rings is 1. The third kappa shape index (κ3) is 4.58. The first kappa shape index (κ1) is 19.2. The highest BCUT2D eigenvalue weighted by Crippen LogP contribution is 2.27. The van der Waals surface area contributed by atoms with E-state index in [0.717, 1.165) is 31.5 Å². The van der Waals surface area contributed by atoms with Crippen molar-refractivity contribution in [3.05, 3.63) is 18.7 Å². The third-order valence-electron chi connectivity index (χ3n) is 6.33. The lowest BCUT2D eigenvalue weighted by atomic mass is 9.93. The van der Waals surface area contributed by atoms with Gasteiger partial charge in [0, 0.05) is 45.1 Å². The number of nitrogens with zero attached hydrogens (tertiary/aromatic N) is 5. The van der Waals surface area contributed by atoms with E-state index in [0.29, 0.717) is 18.0 Å². The summed E-state index contributed by atoms with van der Waals surface area (Å²) in [4.78, 5) is 13.8. The molecular formula is C20H36N6. The molecule has 0 amide bonds. The SMILES string of the molecule is CN=C(NCC(C)N1CCC(C)CC1)N1CCC(C)C(n2ccnc2)C1. The maximum absolute atomic E-state index is 4.57. The zero-order chi connectivity index (χ0) is 18.5. The molecule has 146 valence electrons. The molecule has 0 bridgehead atoms. The summed E-state index contributed by atoms with van der Waals surface area (Å²) in [6, 6.07) is 1.01. The largest absolute Gasteiger partial charge is 0.355 e. The zero-order valence-electron chi connectivity index (χ0n) is 16.9. The van der Waals surface area contributed by atoms with E-state index in [2.05, 4.69) is 56.6 Å². The van der Waals surface area contributed by atoms with Crippen LogP contribution in [0.1, 0.15) is 46.1 Å². The summed E-state index contributed by atoms with van der Waals surface area (Å²) in [5, 5.41) is 3.64. The molecule has 3 unspecified atom stereocenters. The van der Waals surface area contributed by atoms with E-state index < -0.39 is 0 Å². The van der Waals surface area contributed by atoms with E-state index >= 15 is 0 Å². The molecule has 0 aliphatic carbocycles. The van der Waals surface area contributed by atoms with Crippen LogP contribution < -0.4 is 5.32 Å². The molecule has 26 heavy (non-hydrogen) atoms. The summed E-state index contributed by atoms with van der Waals surface area (Å²) in [7, 11) is 1.90. The van der Waals surface area contributed by atoms with Gasteiger partial charge in [-0.2, -0.15) is 0 Å². The predicted molar refractivity (Wildman–Crippen MR) is 107 cm³/mol. The van der Waals surface area contributed by atoms with Crippen molar-refractivity contribution in [3.8, 4) is 0 Å². The fourth-order valence-corrected chi connectivity index (χ4v) is 4.26. The van der Waals surface area contributed by atoms with Gasteiger partial charge in [-0.1, -0.05) is 13.8 Å². The average Bonchev–Trinajstić information content (AvgIpc) is 3.18. The van der Waals surface area contributed by atoms with Gasteiger partial charge in [0.25, 0.3) is 0 Å². The molecule has 6 nitrogen and oxygen atoms in total. The average molecular weight is 361 g/mol. The van der Waals surface area contributed by atoms with Gasteiger partial charge < -0.3 is 14.8 Å². The Morgan fingerprint density at radius 1 is 1.23 bits per heavy atom. The molecule has 2 aliphatic rings. The standard InChI is InChI=1S/C20H36N6/c1-16-5-9-24(10-6-16)18(3)13-23-20(21-4)25-11-7-17(2)19(14-25)26-12-8-22-15-26/h8,12,15-19H,5-7,9-11,13-14H2,1-4H3,(H,21,23). The Morgan fingerprint density at radius 2 is 2.00 bits per heavy atom. The van der Waals surface area contributed by atoms with Crippen molar-refractivity contribution in [1.82, 2.24) is 24.7 Å². The van der Waals surface area contributed by atoms with Crippen LogP contribution in [-0.4, -0.2) is 71.1 Å². The number of aromatic nitrogens is 2. The zero-order valence-corrected chi connectivity index (χ0v) is 16.9. The summed E-state index contributed by atoms with van der Waals surface area (Å²) in [5.74, 6) is 2.58. The molecule has 2 saturated heterocycles. The fraction of sp³-hybridized carbons (Fsp3) is 0.800. The molecule has 2 fully saturated rings. The topological polar surface area (TPSA) is 48.7 Å². The first-order valence-electron chi connectivity index (χ1n) is 10.3. The molecule has 0 radical (unpaired) electrons. The normalized spacial score (nSPS) is 27.5. The van der Waals surface area contributed by atoms with E-state index in [1.54, 1.807) is 0 Å². The minimum atomic E-state index is 0.464. The van der Waals surface area contributed by atoms with E-state index in [1.165, 1.54) is 32.4 Å². The monoisotopic (exact) mass is 360 g/mol. The molecule has 1 aromatic rings. The number of nitrogens with one attached hydrogen (secondary N) is 1. The van der Waals surface area contributed by atoms with Gasteiger partial charge in [0.15, 0.2) is 5.96 Å². The van der Waals surface area contributed by atoms with E-state index in [-0.39, 0.29) is 0 Å². The van der Waals surface area contributed by atoms with Crippen molar-refractivity contribution in [2.24, 2.45) is 16.8 Å². The highest BCUT2D eigenvalue weighted by Gasteiger charge is 2.29. The van der Waals surface area contributed by atoms with Gasteiger partial charge in [-0.15, -0.1) is 0 Å². The van der Waals surface area contributed by atoms with Gasteiger partial charge in [-0.05, 0) is 51.1 Å². The number of hydrogen-bond donors (Lipinski definition) is 1. The molecule has 1 N–H and O–H groups in total. The molecule has 0 saturated carbocycles. The number of likely N-dealkylation sites (tertiary alicyclic amines) is 2. The molecule has 0 spiro atoms. The lowest BCUT2D eigenvalue weighted by Gasteiger charge is -2.40. The van der Waals surface area contributed by atoms with Gasteiger partial charge in [0.05, 0.1) is 12.4 Å². The van der Waals surface area contributed by atoms with Crippen molar-refractivity contribution in [2.75, 3.05) is 39.8 Å². The lowest BCUT2D eigenvalue weighted by Crippen LogP contribution is -2.52. The van der Waals surface area contributed by atoms with Crippen LogP contribution in [0.2, 0.25) is 0 Å². The van der Waals surface area contributed by atoms with Crippen LogP contribution in [-0.2, 0) is 0 Å². The molecule has 1 aromatic heterocycles. The molecule has 0 aromatic carbocycles. The van der Waals surface area contributed by atoms with Gasteiger partial charge in [-0.25, -0.2) is 4.98 Å². The number of aliphatic imine (C=N–C) groups is 1. The lowest BCUT2D eigenvalue weighted by molar-refractivity contribution is 0.145.